The van der Waals surface area contributed by atoms with E-state index in [0.717, 1.165) is 38.8 Å². The Morgan fingerprint density at radius 1 is 1.00 bits per heavy atom. The number of aromatic nitrogens is 1. The summed E-state index contributed by atoms with van der Waals surface area (Å²) in [5.41, 5.74) is 13.2. The van der Waals surface area contributed by atoms with Crippen LogP contribution < -0.4 is 26.3 Å². The Morgan fingerprint density at radius 3 is 2.47 bits per heavy atom. The molecule has 5 N–H and O–H groups in total. The van der Waals surface area contributed by atoms with Gasteiger partial charge in [0.1, 0.15) is 17.2 Å². The highest BCUT2D eigenvalue weighted by Gasteiger charge is 2.07. The molecule has 1 aromatic heterocycles. The van der Waals surface area contributed by atoms with Crippen LogP contribution in [0.25, 0.3) is 10.2 Å². The van der Waals surface area contributed by atoms with Crippen molar-refractivity contribution in [3.63, 3.8) is 0 Å². The Hall–Kier alpha value is -4.29. The molecule has 0 radical (unpaired) electrons. The predicted octanol–water partition coefficient (Wildman–Crippen LogP) is 4.61. The van der Waals surface area contributed by atoms with Crippen LogP contribution in [0.4, 0.5) is 5.13 Å². The van der Waals surface area contributed by atoms with Crippen LogP contribution in [0, 0.1) is 11.3 Å². The molecule has 0 aliphatic rings. The van der Waals surface area contributed by atoms with Crippen molar-refractivity contribution in [1.29, 1.82) is 5.26 Å². The highest BCUT2D eigenvalue weighted by Crippen LogP contribution is 2.31. The van der Waals surface area contributed by atoms with Crippen molar-refractivity contribution < 1.29 is 9.47 Å². The van der Waals surface area contributed by atoms with Crippen LogP contribution in [0.1, 0.15) is 17.5 Å². The third kappa shape index (κ3) is 6.37. The second-order valence-corrected chi connectivity index (χ2v) is 8.42. The number of hydrogen-bond acceptors (Lipinski definition) is 7. The highest BCUT2D eigenvalue weighted by atomic mass is 32.1. The van der Waals surface area contributed by atoms with E-state index in [1.165, 1.54) is 0 Å². The molecule has 0 aliphatic heterocycles. The molecule has 34 heavy (non-hydrogen) atoms. The van der Waals surface area contributed by atoms with Crippen molar-refractivity contribution in [3.8, 4) is 23.3 Å². The number of nitrogens with zero attached hydrogens (tertiary/aromatic N) is 3. The summed E-state index contributed by atoms with van der Waals surface area (Å²) in [7, 11) is 0. The van der Waals surface area contributed by atoms with Crippen LogP contribution >= 0.6 is 11.3 Å². The van der Waals surface area contributed by atoms with Gasteiger partial charge in [-0.25, -0.2) is 4.98 Å². The average Bonchev–Trinajstić information content (AvgIpc) is 3.26. The zero-order chi connectivity index (χ0) is 23.8. The van der Waals surface area contributed by atoms with E-state index in [1.54, 1.807) is 35.6 Å². The lowest BCUT2D eigenvalue weighted by Gasteiger charge is -2.07. The summed E-state index contributed by atoms with van der Waals surface area (Å²) >= 11 is 1.57. The van der Waals surface area contributed by atoms with E-state index in [4.69, 9.17) is 26.2 Å². The van der Waals surface area contributed by atoms with Gasteiger partial charge in [0.25, 0.3) is 0 Å². The molecular formula is C25H24N6O2S. The van der Waals surface area contributed by atoms with E-state index in [9.17, 15) is 0 Å². The summed E-state index contributed by atoms with van der Waals surface area (Å²) in [6.07, 6.45) is 0.749. The maximum absolute atomic E-state index is 8.91. The van der Waals surface area contributed by atoms with Crippen molar-refractivity contribution in [3.05, 3.63) is 77.9 Å². The Bertz CT molecular complexity index is 1310. The number of hydrogen-bond donors (Lipinski definition) is 3. The molecule has 9 heteroatoms. The summed E-state index contributed by atoms with van der Waals surface area (Å²) in [6, 6.07) is 22.9. The molecule has 0 saturated heterocycles. The van der Waals surface area contributed by atoms with Gasteiger partial charge < -0.3 is 26.3 Å². The molecule has 1 heterocycles. The van der Waals surface area contributed by atoms with Crippen LogP contribution in [0.2, 0.25) is 0 Å². The smallest absolute Gasteiger partial charge is 0.185 e. The van der Waals surface area contributed by atoms with Gasteiger partial charge in [0, 0.05) is 25.6 Å². The standard InChI is InChI=1S/C25H24N6O2S/c26-15-17-2-8-20(9-3-17)33-21-10-11-22-23(14-21)34-25(31-22)30-16-18-4-6-19(7-5-18)32-13-1-12-29-24(27)28/h2-11,14H,1,12-13,16H2,(H,30,31)(H4,27,28,29). The summed E-state index contributed by atoms with van der Waals surface area (Å²) < 4.78 is 12.6. The number of nitriles is 1. The topological polar surface area (TPSA) is 132 Å². The van der Waals surface area contributed by atoms with Crippen LogP contribution in [0.3, 0.4) is 0 Å². The molecular weight excluding hydrogens is 448 g/mol. The van der Waals surface area contributed by atoms with E-state index < -0.39 is 0 Å². The molecule has 0 saturated carbocycles. The van der Waals surface area contributed by atoms with E-state index in [0.29, 0.717) is 31.0 Å². The number of nitrogens with one attached hydrogen (secondary N) is 1. The average molecular weight is 473 g/mol. The Balaban J connectivity index is 1.30. The minimum absolute atomic E-state index is 0.0989. The fraction of sp³-hybridized carbons (Fsp3) is 0.160. The number of guanidine groups is 1. The van der Waals surface area contributed by atoms with Gasteiger partial charge in [-0.1, -0.05) is 23.5 Å². The van der Waals surface area contributed by atoms with Crippen molar-refractivity contribution in [2.45, 2.75) is 13.0 Å². The quantitative estimate of drug-likeness (QED) is 0.174. The van der Waals surface area contributed by atoms with Crippen molar-refractivity contribution in [2.24, 2.45) is 16.5 Å². The van der Waals surface area contributed by atoms with Gasteiger partial charge in [-0.15, -0.1) is 0 Å². The first-order valence-electron chi connectivity index (χ1n) is 10.7. The number of benzene rings is 3. The monoisotopic (exact) mass is 472 g/mol. The van der Waals surface area contributed by atoms with Crippen LogP contribution in [-0.2, 0) is 6.54 Å². The number of aliphatic imine (C=N–C) groups is 1. The molecule has 0 unspecified atom stereocenters. The lowest BCUT2D eigenvalue weighted by molar-refractivity contribution is 0.313. The summed E-state index contributed by atoms with van der Waals surface area (Å²) in [4.78, 5) is 8.58. The Morgan fingerprint density at radius 2 is 1.74 bits per heavy atom. The fourth-order valence-corrected chi connectivity index (χ4v) is 4.01. The van der Waals surface area contributed by atoms with Crippen LogP contribution in [0.5, 0.6) is 17.2 Å². The maximum Gasteiger partial charge on any atom is 0.185 e. The highest BCUT2D eigenvalue weighted by molar-refractivity contribution is 7.22. The minimum Gasteiger partial charge on any atom is -0.494 e. The first-order valence-corrected chi connectivity index (χ1v) is 11.5. The molecule has 4 rings (SSSR count). The SMILES string of the molecule is N#Cc1ccc(Oc2ccc3nc(NCc4ccc(OCCCN=C(N)N)cc4)sc3c2)cc1. The van der Waals surface area contributed by atoms with Gasteiger partial charge in [-0.05, 0) is 54.1 Å². The van der Waals surface area contributed by atoms with Crippen LogP contribution in [0.15, 0.2) is 71.7 Å². The summed E-state index contributed by atoms with van der Waals surface area (Å²) in [5.74, 6) is 2.31. The number of anilines is 1. The number of thiazole rings is 1. The number of rotatable bonds is 10. The molecule has 3 aromatic carbocycles. The first kappa shape index (κ1) is 22.9. The molecule has 0 aliphatic carbocycles. The second kappa shape index (κ2) is 11.0. The zero-order valence-corrected chi connectivity index (χ0v) is 19.2. The fourth-order valence-electron chi connectivity index (χ4n) is 3.12. The molecule has 4 aromatic rings. The third-order valence-electron chi connectivity index (χ3n) is 4.81. The third-order valence-corrected chi connectivity index (χ3v) is 5.79. The first-order chi connectivity index (χ1) is 16.6. The maximum atomic E-state index is 8.91. The van der Waals surface area contributed by atoms with Gasteiger partial charge in [0.2, 0.25) is 0 Å². The molecule has 0 amide bonds. The molecule has 0 bridgehead atoms. The summed E-state index contributed by atoms with van der Waals surface area (Å²) in [5, 5.41) is 13.1. The van der Waals surface area contributed by atoms with Gasteiger partial charge >= 0.3 is 0 Å². The van der Waals surface area contributed by atoms with E-state index in [-0.39, 0.29) is 5.96 Å². The number of ether oxygens (including phenoxy) is 2. The molecule has 172 valence electrons. The van der Waals surface area contributed by atoms with Gasteiger partial charge in [0.05, 0.1) is 28.5 Å². The molecule has 8 nitrogen and oxygen atoms in total. The van der Waals surface area contributed by atoms with E-state index in [1.807, 2.05) is 42.5 Å². The molecule has 0 atom stereocenters. The second-order valence-electron chi connectivity index (χ2n) is 7.39. The number of fused-ring (bicyclic) bond motifs is 1. The van der Waals surface area contributed by atoms with Gasteiger partial charge in [-0.2, -0.15) is 5.26 Å². The Kier molecular flexibility index (Phi) is 7.42. The predicted molar refractivity (Wildman–Crippen MR) is 135 cm³/mol. The van der Waals surface area contributed by atoms with Crippen molar-refractivity contribution >= 4 is 32.6 Å². The lowest BCUT2D eigenvalue weighted by atomic mass is 10.2. The van der Waals surface area contributed by atoms with Gasteiger partial charge in [-0.3, -0.25) is 4.99 Å². The summed E-state index contributed by atoms with van der Waals surface area (Å²) in [6.45, 7) is 1.76. The van der Waals surface area contributed by atoms with E-state index >= 15 is 0 Å². The number of nitrogens with two attached hydrogens (primary N) is 2. The largest absolute Gasteiger partial charge is 0.494 e. The normalized spacial score (nSPS) is 10.4. The lowest BCUT2D eigenvalue weighted by Crippen LogP contribution is -2.23. The molecule has 0 spiro atoms. The van der Waals surface area contributed by atoms with Crippen LogP contribution in [-0.4, -0.2) is 24.1 Å². The zero-order valence-electron chi connectivity index (χ0n) is 18.4. The minimum atomic E-state index is 0.0989. The Labute approximate surface area is 201 Å². The van der Waals surface area contributed by atoms with Gasteiger partial charge in [0.15, 0.2) is 11.1 Å². The van der Waals surface area contributed by atoms with Crippen molar-refractivity contribution in [2.75, 3.05) is 18.5 Å². The van der Waals surface area contributed by atoms with E-state index in [2.05, 4.69) is 21.4 Å². The molecule has 0 fully saturated rings. The van der Waals surface area contributed by atoms with Crippen molar-refractivity contribution in [1.82, 2.24) is 4.98 Å².